The fraction of sp³-hybridized carbons (Fsp3) is 0.533. The lowest BCUT2D eigenvalue weighted by Crippen LogP contribution is -2.42. The summed E-state index contributed by atoms with van der Waals surface area (Å²) >= 11 is 0. The van der Waals surface area contributed by atoms with Gasteiger partial charge >= 0.3 is 0 Å². The molecule has 9 heteroatoms. The molecule has 1 aromatic rings. The van der Waals surface area contributed by atoms with Gasteiger partial charge in [0.25, 0.3) is 5.69 Å². The van der Waals surface area contributed by atoms with Gasteiger partial charge in [0, 0.05) is 37.7 Å². The second-order valence-corrected chi connectivity index (χ2v) is 7.88. The van der Waals surface area contributed by atoms with Crippen LogP contribution in [-0.4, -0.2) is 49.4 Å². The van der Waals surface area contributed by atoms with Crippen molar-refractivity contribution < 1.29 is 18.1 Å². The second-order valence-electron chi connectivity index (χ2n) is 5.90. The maximum absolute atomic E-state index is 12.1. The first-order valence-electron chi connectivity index (χ1n) is 7.73. The highest BCUT2D eigenvalue weighted by atomic mass is 32.2. The second kappa shape index (κ2) is 7.71. The average molecular weight is 355 g/mol. The molecular formula is C15H21N3O5S. The predicted octanol–water partition coefficient (Wildman–Crippen LogP) is 0.925. The Kier molecular flexibility index (Phi) is 5.89. The Bertz CT molecular complexity index is 694. The summed E-state index contributed by atoms with van der Waals surface area (Å²) in [6, 6.07) is 6.24. The van der Waals surface area contributed by atoms with Crippen LogP contribution in [0.1, 0.15) is 18.4 Å². The van der Waals surface area contributed by atoms with Crippen LogP contribution in [0.2, 0.25) is 0 Å². The van der Waals surface area contributed by atoms with Gasteiger partial charge in [-0.2, -0.15) is 0 Å². The fourth-order valence-corrected chi connectivity index (χ4v) is 3.58. The van der Waals surface area contributed by atoms with E-state index in [2.05, 4.69) is 5.32 Å². The third-order valence-electron chi connectivity index (χ3n) is 4.15. The zero-order valence-electron chi connectivity index (χ0n) is 13.5. The van der Waals surface area contributed by atoms with Crippen LogP contribution >= 0.6 is 0 Å². The molecule has 0 radical (unpaired) electrons. The molecule has 1 aliphatic heterocycles. The van der Waals surface area contributed by atoms with Crippen LogP contribution in [0.4, 0.5) is 5.69 Å². The molecule has 1 aliphatic rings. The zero-order valence-corrected chi connectivity index (χ0v) is 14.3. The number of amides is 1. The number of hydrogen-bond acceptors (Lipinski definition) is 5. The van der Waals surface area contributed by atoms with Crippen molar-refractivity contribution in [3.8, 4) is 0 Å². The lowest BCUT2D eigenvalue weighted by molar-refractivity contribution is -0.384. The minimum Gasteiger partial charge on any atom is -0.356 e. The van der Waals surface area contributed by atoms with E-state index in [0.29, 0.717) is 38.9 Å². The van der Waals surface area contributed by atoms with Gasteiger partial charge in [-0.25, -0.2) is 12.7 Å². The summed E-state index contributed by atoms with van der Waals surface area (Å²) < 4.78 is 24.3. The van der Waals surface area contributed by atoms with Crippen molar-refractivity contribution in [3.63, 3.8) is 0 Å². The Labute approximate surface area is 141 Å². The first kappa shape index (κ1) is 18.3. The molecule has 1 fully saturated rings. The number of sulfonamides is 1. The maximum Gasteiger partial charge on any atom is 0.269 e. The Hall–Kier alpha value is -2.00. The van der Waals surface area contributed by atoms with Crippen molar-refractivity contribution >= 4 is 21.6 Å². The van der Waals surface area contributed by atoms with Gasteiger partial charge in [0.05, 0.1) is 11.2 Å². The molecule has 24 heavy (non-hydrogen) atoms. The van der Waals surface area contributed by atoms with Crippen LogP contribution in [0.5, 0.6) is 0 Å². The van der Waals surface area contributed by atoms with E-state index in [-0.39, 0.29) is 17.5 Å². The molecule has 0 unspecified atom stereocenters. The molecule has 8 nitrogen and oxygen atoms in total. The summed E-state index contributed by atoms with van der Waals surface area (Å²) in [4.78, 5) is 22.3. The molecule has 0 atom stereocenters. The standard InChI is InChI=1S/C15H21N3O5S/c1-24(22,23)17-10-7-13(8-11-17)15(19)16-9-6-12-2-4-14(5-3-12)18(20)21/h2-5,13H,6-11H2,1H3,(H,16,19). The average Bonchev–Trinajstić information content (AvgIpc) is 2.54. The number of rotatable bonds is 6. The number of piperidine rings is 1. The molecule has 0 spiro atoms. The topological polar surface area (TPSA) is 110 Å². The highest BCUT2D eigenvalue weighted by Crippen LogP contribution is 2.19. The Balaban J connectivity index is 1.75. The number of nitrogens with zero attached hydrogens (tertiary/aromatic N) is 2. The monoisotopic (exact) mass is 355 g/mol. The molecule has 1 N–H and O–H groups in total. The van der Waals surface area contributed by atoms with Crippen molar-refractivity contribution in [1.82, 2.24) is 9.62 Å². The number of nitro groups is 1. The number of benzene rings is 1. The van der Waals surface area contributed by atoms with E-state index in [1.54, 1.807) is 12.1 Å². The van der Waals surface area contributed by atoms with Gasteiger partial charge in [0.1, 0.15) is 0 Å². The molecule has 0 saturated carbocycles. The quantitative estimate of drug-likeness (QED) is 0.603. The lowest BCUT2D eigenvalue weighted by atomic mass is 9.97. The van der Waals surface area contributed by atoms with Crippen LogP contribution in [0, 0.1) is 16.0 Å². The van der Waals surface area contributed by atoms with Crippen molar-refractivity contribution in [3.05, 3.63) is 39.9 Å². The van der Waals surface area contributed by atoms with E-state index >= 15 is 0 Å². The van der Waals surface area contributed by atoms with E-state index in [0.717, 1.165) is 5.56 Å². The SMILES string of the molecule is CS(=O)(=O)N1CCC(C(=O)NCCc2ccc([N+](=O)[O-])cc2)CC1. The molecular weight excluding hydrogens is 334 g/mol. The minimum atomic E-state index is -3.18. The van der Waals surface area contributed by atoms with Crippen LogP contribution in [-0.2, 0) is 21.2 Å². The number of nitrogens with one attached hydrogen (secondary N) is 1. The largest absolute Gasteiger partial charge is 0.356 e. The first-order valence-corrected chi connectivity index (χ1v) is 9.58. The number of non-ortho nitro benzene ring substituents is 1. The molecule has 0 aliphatic carbocycles. The van der Waals surface area contributed by atoms with Gasteiger partial charge in [-0.05, 0) is 24.8 Å². The van der Waals surface area contributed by atoms with Crippen molar-refractivity contribution in [2.75, 3.05) is 25.9 Å². The minimum absolute atomic E-state index is 0.0421. The molecule has 0 aromatic heterocycles. The van der Waals surface area contributed by atoms with Gasteiger partial charge in [0.2, 0.25) is 15.9 Å². The van der Waals surface area contributed by atoms with Gasteiger partial charge in [-0.1, -0.05) is 12.1 Å². The lowest BCUT2D eigenvalue weighted by Gasteiger charge is -2.29. The maximum atomic E-state index is 12.1. The fourth-order valence-electron chi connectivity index (χ4n) is 2.71. The summed E-state index contributed by atoms with van der Waals surface area (Å²) in [6.45, 7) is 1.20. The van der Waals surface area contributed by atoms with Crippen LogP contribution in [0.25, 0.3) is 0 Å². The zero-order chi connectivity index (χ0) is 17.7. The van der Waals surface area contributed by atoms with Crippen LogP contribution < -0.4 is 5.32 Å². The molecule has 1 saturated heterocycles. The third kappa shape index (κ3) is 5.00. The molecule has 2 rings (SSSR count). The molecule has 1 amide bonds. The number of nitro benzene ring substituents is 1. The summed E-state index contributed by atoms with van der Waals surface area (Å²) in [5.41, 5.74) is 0.952. The van der Waals surface area contributed by atoms with Crippen LogP contribution in [0.3, 0.4) is 0 Å². The third-order valence-corrected chi connectivity index (χ3v) is 5.46. The first-order chi connectivity index (χ1) is 11.3. The van der Waals surface area contributed by atoms with Crippen molar-refractivity contribution in [1.29, 1.82) is 0 Å². The predicted molar refractivity (Wildman–Crippen MR) is 89.0 cm³/mol. The Morgan fingerprint density at radius 3 is 2.38 bits per heavy atom. The van der Waals surface area contributed by atoms with E-state index in [1.807, 2.05) is 0 Å². The van der Waals surface area contributed by atoms with Gasteiger partial charge in [0.15, 0.2) is 0 Å². The van der Waals surface area contributed by atoms with Crippen LogP contribution in [0.15, 0.2) is 24.3 Å². The number of carbonyl (C=O) groups excluding carboxylic acids is 1. The highest BCUT2D eigenvalue weighted by molar-refractivity contribution is 7.88. The number of carbonyl (C=O) groups is 1. The van der Waals surface area contributed by atoms with E-state index in [1.165, 1.54) is 22.7 Å². The normalized spacial score (nSPS) is 16.7. The van der Waals surface area contributed by atoms with Crippen molar-refractivity contribution in [2.45, 2.75) is 19.3 Å². The van der Waals surface area contributed by atoms with E-state index in [4.69, 9.17) is 0 Å². The van der Waals surface area contributed by atoms with Gasteiger partial charge in [-0.3, -0.25) is 14.9 Å². The smallest absolute Gasteiger partial charge is 0.269 e. The van der Waals surface area contributed by atoms with Gasteiger partial charge in [-0.15, -0.1) is 0 Å². The Morgan fingerprint density at radius 1 is 1.29 bits per heavy atom. The molecule has 0 bridgehead atoms. The molecule has 1 heterocycles. The van der Waals surface area contributed by atoms with Gasteiger partial charge < -0.3 is 5.32 Å². The van der Waals surface area contributed by atoms with E-state index in [9.17, 15) is 23.3 Å². The summed E-state index contributed by atoms with van der Waals surface area (Å²) in [6.07, 6.45) is 2.82. The molecule has 132 valence electrons. The Morgan fingerprint density at radius 2 is 1.88 bits per heavy atom. The summed E-state index contributed by atoms with van der Waals surface area (Å²) in [7, 11) is -3.18. The summed E-state index contributed by atoms with van der Waals surface area (Å²) in [5, 5.41) is 13.4. The molecule has 1 aromatic carbocycles. The number of hydrogen-bond donors (Lipinski definition) is 1. The summed E-state index contributed by atoms with van der Waals surface area (Å²) in [5.74, 6) is -0.232. The van der Waals surface area contributed by atoms with Crippen molar-refractivity contribution in [2.24, 2.45) is 5.92 Å². The highest BCUT2D eigenvalue weighted by Gasteiger charge is 2.28. The van der Waals surface area contributed by atoms with E-state index < -0.39 is 14.9 Å².